The first kappa shape index (κ1) is 22.8. The van der Waals surface area contributed by atoms with E-state index in [0.717, 1.165) is 29.6 Å². The second-order valence-electron chi connectivity index (χ2n) is 7.40. The summed E-state index contributed by atoms with van der Waals surface area (Å²) in [6, 6.07) is 19.7. The number of hydrogen-bond donors (Lipinski definition) is 1. The number of hydrogen-bond acceptors (Lipinski definition) is 3. The number of amides is 2. The summed E-state index contributed by atoms with van der Waals surface area (Å²) in [6.45, 7) is 0.351. The van der Waals surface area contributed by atoms with Crippen LogP contribution in [0, 0.1) is 5.82 Å². The van der Waals surface area contributed by atoms with Crippen LogP contribution in [-0.4, -0.2) is 23.3 Å². The molecule has 3 aromatic carbocycles. The zero-order valence-electron chi connectivity index (χ0n) is 17.2. The van der Waals surface area contributed by atoms with Crippen LogP contribution in [0.4, 0.5) is 22.4 Å². The van der Waals surface area contributed by atoms with E-state index in [9.17, 15) is 22.4 Å². The van der Waals surface area contributed by atoms with Gasteiger partial charge in [-0.05, 0) is 65.9 Å². The minimum Gasteiger partial charge on any atom is -0.276 e. The molecule has 1 aliphatic heterocycles. The maximum Gasteiger partial charge on any atom is 0.416 e. The molecule has 33 heavy (non-hydrogen) atoms. The van der Waals surface area contributed by atoms with Crippen LogP contribution in [0.25, 0.3) is 0 Å². The van der Waals surface area contributed by atoms with Crippen LogP contribution >= 0.6 is 11.9 Å². The SMILES string of the molecule is O=C(NSc1ccc(C(F)(F)F)cc1)N1CCC(c2ccccc2)C(c2ccc(F)cc2)=N1. The first-order chi connectivity index (χ1) is 15.8. The molecule has 1 aliphatic rings. The molecule has 0 aliphatic carbocycles. The van der Waals surface area contributed by atoms with Gasteiger partial charge in [0, 0.05) is 17.4 Å². The Bertz CT molecular complexity index is 1130. The Hall–Kier alpha value is -3.33. The number of nitrogens with zero attached hydrogens (tertiary/aromatic N) is 2. The quantitative estimate of drug-likeness (QED) is 0.349. The monoisotopic (exact) mass is 473 g/mol. The lowest BCUT2D eigenvalue weighted by molar-refractivity contribution is -0.137. The molecule has 9 heteroatoms. The van der Waals surface area contributed by atoms with Crippen molar-refractivity contribution < 1.29 is 22.4 Å². The Morgan fingerprint density at radius 1 is 0.970 bits per heavy atom. The van der Waals surface area contributed by atoms with Gasteiger partial charge in [-0.25, -0.2) is 14.2 Å². The van der Waals surface area contributed by atoms with Crippen molar-refractivity contribution in [1.29, 1.82) is 0 Å². The number of rotatable bonds is 4. The van der Waals surface area contributed by atoms with E-state index in [1.807, 2.05) is 30.3 Å². The van der Waals surface area contributed by atoms with Gasteiger partial charge in [0.1, 0.15) is 5.82 Å². The van der Waals surface area contributed by atoms with Crippen LogP contribution in [0.1, 0.15) is 29.0 Å². The highest BCUT2D eigenvalue weighted by atomic mass is 32.2. The second-order valence-corrected chi connectivity index (χ2v) is 8.28. The molecule has 0 fully saturated rings. The molecule has 2 amide bonds. The molecule has 4 nitrogen and oxygen atoms in total. The van der Waals surface area contributed by atoms with Gasteiger partial charge in [-0.3, -0.25) is 4.72 Å². The van der Waals surface area contributed by atoms with Crippen LogP contribution in [0.5, 0.6) is 0 Å². The molecule has 0 saturated heterocycles. The van der Waals surface area contributed by atoms with Gasteiger partial charge in [-0.1, -0.05) is 42.5 Å². The lowest BCUT2D eigenvalue weighted by Gasteiger charge is -2.30. The van der Waals surface area contributed by atoms with Crippen molar-refractivity contribution in [3.8, 4) is 0 Å². The lowest BCUT2D eigenvalue weighted by Crippen LogP contribution is -2.39. The Kier molecular flexibility index (Phi) is 6.69. The summed E-state index contributed by atoms with van der Waals surface area (Å²) in [4.78, 5) is 13.2. The third-order valence-corrected chi connectivity index (χ3v) is 5.99. The summed E-state index contributed by atoms with van der Waals surface area (Å²) in [7, 11) is 0. The highest BCUT2D eigenvalue weighted by Crippen LogP contribution is 2.31. The molecule has 0 radical (unpaired) electrons. The summed E-state index contributed by atoms with van der Waals surface area (Å²) < 4.78 is 54.2. The smallest absolute Gasteiger partial charge is 0.276 e. The van der Waals surface area contributed by atoms with Gasteiger partial charge in [-0.15, -0.1) is 0 Å². The van der Waals surface area contributed by atoms with E-state index in [1.165, 1.54) is 29.3 Å². The highest BCUT2D eigenvalue weighted by molar-refractivity contribution is 7.98. The largest absolute Gasteiger partial charge is 0.416 e. The van der Waals surface area contributed by atoms with Gasteiger partial charge in [0.05, 0.1) is 11.3 Å². The normalized spacial score (nSPS) is 16.3. The molecule has 170 valence electrons. The fourth-order valence-electron chi connectivity index (χ4n) is 3.54. The molecule has 1 atom stereocenters. The predicted molar refractivity (Wildman–Crippen MR) is 119 cm³/mol. The zero-order chi connectivity index (χ0) is 23.4. The van der Waals surface area contributed by atoms with Crippen molar-refractivity contribution in [2.45, 2.75) is 23.4 Å². The Balaban J connectivity index is 1.52. The predicted octanol–water partition coefficient (Wildman–Crippen LogP) is 6.46. The molecule has 3 aromatic rings. The number of hydrazone groups is 1. The number of halogens is 4. The van der Waals surface area contributed by atoms with Gasteiger partial charge in [0.25, 0.3) is 0 Å². The first-order valence-electron chi connectivity index (χ1n) is 10.1. The molecule has 0 saturated carbocycles. The van der Waals surface area contributed by atoms with Crippen LogP contribution in [0.2, 0.25) is 0 Å². The lowest BCUT2D eigenvalue weighted by atomic mass is 9.86. The summed E-state index contributed by atoms with van der Waals surface area (Å²) in [5.41, 5.74) is 1.63. The van der Waals surface area contributed by atoms with E-state index in [-0.39, 0.29) is 11.7 Å². The van der Waals surface area contributed by atoms with Gasteiger partial charge in [0.15, 0.2) is 0 Å². The Morgan fingerprint density at radius 2 is 1.64 bits per heavy atom. The molecule has 0 bridgehead atoms. The highest BCUT2D eigenvalue weighted by Gasteiger charge is 2.30. The Labute approximate surface area is 192 Å². The third kappa shape index (κ3) is 5.54. The number of urea groups is 1. The zero-order valence-corrected chi connectivity index (χ0v) is 18.0. The van der Waals surface area contributed by atoms with E-state index >= 15 is 0 Å². The van der Waals surface area contributed by atoms with Crippen LogP contribution in [-0.2, 0) is 6.18 Å². The van der Waals surface area contributed by atoms with Crippen LogP contribution < -0.4 is 4.72 Å². The van der Waals surface area contributed by atoms with Crippen molar-refractivity contribution >= 4 is 23.7 Å². The summed E-state index contributed by atoms with van der Waals surface area (Å²) in [5.74, 6) is -0.433. The molecule has 1 heterocycles. The molecule has 1 unspecified atom stereocenters. The fourth-order valence-corrected chi connectivity index (χ4v) is 4.12. The van der Waals surface area contributed by atoms with E-state index < -0.39 is 17.8 Å². The average molecular weight is 473 g/mol. The standard InChI is InChI=1S/C24H19F4N3OS/c25-19-10-6-17(7-11-19)22-21(16-4-2-1-3-5-16)14-15-31(29-22)23(32)30-33-20-12-8-18(9-13-20)24(26,27)28/h1-13,21H,14-15H2,(H,30,32). The molecule has 0 aromatic heterocycles. The number of alkyl halides is 3. The summed E-state index contributed by atoms with van der Waals surface area (Å²) >= 11 is 0.910. The van der Waals surface area contributed by atoms with Crippen LogP contribution in [0.3, 0.4) is 0 Å². The van der Waals surface area contributed by atoms with Gasteiger partial charge in [-0.2, -0.15) is 18.3 Å². The molecule has 1 N–H and O–H groups in total. The first-order valence-corrected chi connectivity index (χ1v) is 10.9. The summed E-state index contributed by atoms with van der Waals surface area (Å²) in [5, 5.41) is 5.84. The van der Waals surface area contributed by atoms with Crippen molar-refractivity contribution in [2.24, 2.45) is 5.10 Å². The Morgan fingerprint density at radius 3 is 2.27 bits per heavy atom. The number of nitrogens with one attached hydrogen (secondary N) is 1. The molecule has 0 spiro atoms. The fraction of sp³-hybridized carbons (Fsp3) is 0.167. The van der Waals surface area contributed by atoms with Crippen molar-refractivity contribution in [3.63, 3.8) is 0 Å². The van der Waals surface area contributed by atoms with Gasteiger partial charge in [0.2, 0.25) is 0 Å². The van der Waals surface area contributed by atoms with Crippen LogP contribution in [0.15, 0.2) is 88.9 Å². The number of carbonyl (C=O) groups excluding carboxylic acids is 1. The minimum atomic E-state index is -4.42. The third-order valence-electron chi connectivity index (χ3n) is 5.20. The van der Waals surface area contributed by atoms with E-state index in [0.29, 0.717) is 29.1 Å². The molecular formula is C24H19F4N3OS. The second kappa shape index (κ2) is 9.66. The number of carbonyl (C=O) groups is 1. The van der Waals surface area contributed by atoms with Crippen molar-refractivity contribution in [3.05, 3.63) is 101 Å². The molecule has 4 rings (SSSR count). The van der Waals surface area contributed by atoms with Gasteiger partial charge >= 0.3 is 12.2 Å². The maximum absolute atomic E-state index is 13.5. The van der Waals surface area contributed by atoms with E-state index in [4.69, 9.17) is 0 Å². The average Bonchev–Trinajstić information content (AvgIpc) is 2.83. The molecular weight excluding hydrogens is 454 g/mol. The topological polar surface area (TPSA) is 44.7 Å². The van der Waals surface area contributed by atoms with Gasteiger partial charge < -0.3 is 0 Å². The minimum absolute atomic E-state index is 0.0664. The summed E-state index contributed by atoms with van der Waals surface area (Å²) in [6.07, 6.45) is -3.81. The maximum atomic E-state index is 13.5. The van der Waals surface area contributed by atoms with Crippen molar-refractivity contribution in [1.82, 2.24) is 9.73 Å². The van der Waals surface area contributed by atoms with E-state index in [2.05, 4.69) is 9.82 Å². The number of benzene rings is 3. The van der Waals surface area contributed by atoms with E-state index in [1.54, 1.807) is 12.1 Å². The van der Waals surface area contributed by atoms with Crippen molar-refractivity contribution in [2.75, 3.05) is 6.54 Å².